The molecule has 0 aliphatic carbocycles. The lowest BCUT2D eigenvalue weighted by molar-refractivity contribution is -0.132. The van der Waals surface area contributed by atoms with E-state index in [2.05, 4.69) is 5.10 Å². The molecular weight excluding hydrogens is 324 g/mol. The Labute approximate surface area is 143 Å². The predicted molar refractivity (Wildman–Crippen MR) is 88.8 cm³/mol. The highest BCUT2D eigenvalue weighted by atomic mass is 16.6. The minimum Gasteiger partial charge on any atom is -0.493 e. The first-order chi connectivity index (χ1) is 12.0. The number of imide groups is 1. The summed E-state index contributed by atoms with van der Waals surface area (Å²) in [6.07, 6.45) is 1.36. The van der Waals surface area contributed by atoms with Crippen LogP contribution in [0, 0.1) is 0 Å². The number of nitrogens with zero attached hydrogens (tertiary/aromatic N) is 2. The van der Waals surface area contributed by atoms with Gasteiger partial charge in [-0.2, -0.15) is 10.1 Å². The molecule has 0 saturated heterocycles. The fourth-order valence-electron chi connectivity index (χ4n) is 2.41. The zero-order valence-corrected chi connectivity index (χ0v) is 13.6. The van der Waals surface area contributed by atoms with Gasteiger partial charge in [-0.25, -0.2) is 0 Å². The summed E-state index contributed by atoms with van der Waals surface area (Å²) in [7, 11) is 1.44. The molecule has 25 heavy (non-hydrogen) atoms. The maximum Gasteiger partial charge on any atom is 0.308 e. The summed E-state index contributed by atoms with van der Waals surface area (Å²) in [5.74, 6) is -0.805. The van der Waals surface area contributed by atoms with Crippen LogP contribution in [0.1, 0.15) is 33.2 Å². The lowest BCUT2D eigenvalue weighted by Crippen LogP contribution is -2.24. The number of rotatable bonds is 4. The van der Waals surface area contributed by atoms with Crippen molar-refractivity contribution in [3.8, 4) is 11.5 Å². The zero-order valence-electron chi connectivity index (χ0n) is 13.6. The van der Waals surface area contributed by atoms with E-state index in [4.69, 9.17) is 9.47 Å². The minimum absolute atomic E-state index is 0.271. The summed E-state index contributed by atoms with van der Waals surface area (Å²) in [6.45, 7) is 1.29. The van der Waals surface area contributed by atoms with Crippen molar-refractivity contribution in [2.45, 2.75) is 6.92 Å². The molecule has 0 unspecified atom stereocenters. The van der Waals surface area contributed by atoms with E-state index in [1.165, 1.54) is 20.2 Å². The fraction of sp³-hybridized carbons (Fsp3) is 0.111. The van der Waals surface area contributed by atoms with E-state index < -0.39 is 17.8 Å². The van der Waals surface area contributed by atoms with Gasteiger partial charge in [0.25, 0.3) is 11.8 Å². The molecule has 1 heterocycles. The molecular formula is C18H14N2O5. The number of hydrogen-bond acceptors (Lipinski definition) is 6. The van der Waals surface area contributed by atoms with E-state index in [0.717, 1.165) is 5.01 Å². The summed E-state index contributed by atoms with van der Waals surface area (Å²) >= 11 is 0. The Morgan fingerprint density at radius 3 is 2.24 bits per heavy atom. The van der Waals surface area contributed by atoms with Crippen LogP contribution in [0.4, 0.5) is 0 Å². The van der Waals surface area contributed by atoms with Gasteiger partial charge < -0.3 is 9.47 Å². The van der Waals surface area contributed by atoms with E-state index in [-0.39, 0.29) is 5.75 Å². The molecule has 2 aromatic rings. The van der Waals surface area contributed by atoms with Gasteiger partial charge in [-0.3, -0.25) is 14.4 Å². The number of amides is 2. The molecule has 2 aromatic carbocycles. The highest BCUT2D eigenvalue weighted by molar-refractivity contribution is 6.21. The van der Waals surface area contributed by atoms with E-state index >= 15 is 0 Å². The molecule has 7 heteroatoms. The van der Waals surface area contributed by atoms with Crippen LogP contribution >= 0.6 is 0 Å². The van der Waals surface area contributed by atoms with Crippen LogP contribution in [0.5, 0.6) is 11.5 Å². The first-order valence-electron chi connectivity index (χ1n) is 7.39. The van der Waals surface area contributed by atoms with Crippen molar-refractivity contribution in [2.24, 2.45) is 5.10 Å². The molecule has 126 valence electrons. The molecule has 0 N–H and O–H groups in total. The second kappa shape index (κ2) is 6.56. The van der Waals surface area contributed by atoms with Gasteiger partial charge in [-0.05, 0) is 35.9 Å². The second-order valence-electron chi connectivity index (χ2n) is 5.22. The third-order valence-corrected chi connectivity index (χ3v) is 3.54. The largest absolute Gasteiger partial charge is 0.493 e. The van der Waals surface area contributed by atoms with Crippen molar-refractivity contribution in [1.82, 2.24) is 5.01 Å². The maximum atomic E-state index is 12.2. The Morgan fingerprint density at radius 1 is 1.04 bits per heavy atom. The number of esters is 1. The molecule has 0 fully saturated rings. The van der Waals surface area contributed by atoms with Crippen LogP contribution in [0.2, 0.25) is 0 Å². The average molecular weight is 338 g/mol. The van der Waals surface area contributed by atoms with Crippen LogP contribution in [0.25, 0.3) is 0 Å². The molecule has 0 radical (unpaired) electrons. The van der Waals surface area contributed by atoms with Crippen LogP contribution in [-0.4, -0.2) is 36.1 Å². The van der Waals surface area contributed by atoms with Crippen LogP contribution in [0.15, 0.2) is 47.6 Å². The van der Waals surface area contributed by atoms with Crippen LogP contribution in [0.3, 0.4) is 0 Å². The van der Waals surface area contributed by atoms with Crippen molar-refractivity contribution in [1.29, 1.82) is 0 Å². The van der Waals surface area contributed by atoms with Crippen molar-refractivity contribution in [3.63, 3.8) is 0 Å². The van der Waals surface area contributed by atoms with Crippen molar-refractivity contribution in [3.05, 3.63) is 59.2 Å². The summed E-state index contributed by atoms with van der Waals surface area (Å²) in [6, 6.07) is 11.3. The van der Waals surface area contributed by atoms with E-state index in [0.29, 0.717) is 22.4 Å². The van der Waals surface area contributed by atoms with Gasteiger partial charge in [0.2, 0.25) is 0 Å². The highest BCUT2D eigenvalue weighted by Gasteiger charge is 2.35. The number of fused-ring (bicyclic) bond motifs is 1. The molecule has 0 saturated carbocycles. The van der Waals surface area contributed by atoms with E-state index in [1.54, 1.807) is 42.5 Å². The van der Waals surface area contributed by atoms with Gasteiger partial charge in [0.05, 0.1) is 24.5 Å². The first-order valence-corrected chi connectivity index (χ1v) is 7.39. The quantitative estimate of drug-likeness (QED) is 0.369. The average Bonchev–Trinajstić information content (AvgIpc) is 2.85. The van der Waals surface area contributed by atoms with Gasteiger partial charge in [0, 0.05) is 6.92 Å². The molecule has 7 nitrogen and oxygen atoms in total. The smallest absolute Gasteiger partial charge is 0.308 e. The molecule has 0 spiro atoms. The highest BCUT2D eigenvalue weighted by Crippen LogP contribution is 2.28. The summed E-state index contributed by atoms with van der Waals surface area (Å²) < 4.78 is 10.2. The molecule has 1 aliphatic heterocycles. The molecule has 0 atom stereocenters. The van der Waals surface area contributed by atoms with Gasteiger partial charge in [-0.15, -0.1) is 0 Å². The lowest BCUT2D eigenvalue weighted by atomic mass is 10.1. The van der Waals surface area contributed by atoms with Gasteiger partial charge in [0.15, 0.2) is 11.5 Å². The Kier molecular flexibility index (Phi) is 4.30. The third kappa shape index (κ3) is 3.12. The summed E-state index contributed by atoms with van der Waals surface area (Å²) in [5, 5.41) is 4.80. The summed E-state index contributed by atoms with van der Waals surface area (Å²) in [4.78, 5) is 35.5. The summed E-state index contributed by atoms with van der Waals surface area (Å²) in [5.41, 5.74) is 1.23. The molecule has 1 aliphatic rings. The predicted octanol–water partition coefficient (Wildman–Crippen LogP) is 2.25. The standard InChI is InChI=1S/C18H14N2O5/c1-11(21)25-15-8-7-12(9-16(15)24-2)10-19-20-17(22)13-5-3-4-6-14(13)18(20)23/h3-10H,1-2H3/b19-10+. The minimum atomic E-state index is -0.472. The maximum absolute atomic E-state index is 12.2. The third-order valence-electron chi connectivity index (χ3n) is 3.54. The topological polar surface area (TPSA) is 85.3 Å². The van der Waals surface area contributed by atoms with Crippen LogP contribution < -0.4 is 9.47 Å². The molecule has 0 bridgehead atoms. The fourth-order valence-corrected chi connectivity index (χ4v) is 2.41. The molecule has 2 amide bonds. The number of carbonyl (C=O) groups is 3. The molecule has 0 aromatic heterocycles. The second-order valence-corrected chi connectivity index (χ2v) is 5.22. The van der Waals surface area contributed by atoms with Crippen molar-refractivity contribution in [2.75, 3.05) is 7.11 Å². The van der Waals surface area contributed by atoms with Crippen molar-refractivity contribution < 1.29 is 23.9 Å². The number of carbonyl (C=O) groups excluding carboxylic acids is 3. The Morgan fingerprint density at radius 2 is 1.68 bits per heavy atom. The zero-order chi connectivity index (χ0) is 18.0. The number of ether oxygens (including phenoxy) is 2. The van der Waals surface area contributed by atoms with Gasteiger partial charge in [-0.1, -0.05) is 12.1 Å². The Hall–Kier alpha value is -3.48. The number of methoxy groups -OCH3 is 1. The molecule has 3 rings (SSSR count). The van der Waals surface area contributed by atoms with Crippen molar-refractivity contribution >= 4 is 24.0 Å². The van der Waals surface area contributed by atoms with Crippen LogP contribution in [-0.2, 0) is 4.79 Å². The van der Waals surface area contributed by atoms with E-state index in [9.17, 15) is 14.4 Å². The Bertz CT molecular complexity index is 869. The normalized spacial score (nSPS) is 13.3. The van der Waals surface area contributed by atoms with E-state index in [1.807, 2.05) is 0 Å². The Balaban J connectivity index is 1.85. The lowest BCUT2D eigenvalue weighted by Gasteiger charge is -2.09. The monoisotopic (exact) mass is 338 g/mol. The SMILES string of the molecule is COc1cc(/C=N/N2C(=O)c3ccccc3C2=O)ccc1OC(C)=O. The van der Waals surface area contributed by atoms with Gasteiger partial charge in [0.1, 0.15) is 0 Å². The van der Waals surface area contributed by atoms with Gasteiger partial charge >= 0.3 is 5.97 Å². The number of benzene rings is 2. The number of hydrazone groups is 1. The number of hydrogen-bond donors (Lipinski definition) is 0. The first kappa shape index (κ1) is 16.4.